The van der Waals surface area contributed by atoms with Crippen molar-refractivity contribution in [3.05, 3.63) is 0 Å². The molecule has 1 aliphatic heterocycles. The number of nitrogens with one attached hydrogen (secondary N) is 1. The van der Waals surface area contributed by atoms with Gasteiger partial charge in [0.1, 0.15) is 4.95 Å². The quantitative estimate of drug-likeness (QED) is 0.423. The highest BCUT2D eigenvalue weighted by Gasteiger charge is 2.10. The third kappa shape index (κ3) is 1.20. The van der Waals surface area contributed by atoms with E-state index in [2.05, 4.69) is 26.3 Å². The zero-order valence-corrected chi connectivity index (χ0v) is 6.22. The molecule has 0 aromatic carbocycles. The lowest BCUT2D eigenvalue weighted by Crippen LogP contribution is -2.43. The van der Waals surface area contributed by atoms with Crippen LogP contribution in [-0.2, 0) is 0 Å². The van der Waals surface area contributed by atoms with E-state index in [0.717, 1.165) is 6.54 Å². The summed E-state index contributed by atoms with van der Waals surface area (Å²) in [6.07, 6.45) is 1.69. The van der Waals surface area contributed by atoms with Gasteiger partial charge in [-0.05, 0) is 0 Å². The molecular weight excluding hydrogens is 170 g/mol. The maximum absolute atomic E-state index is 3.98. The molecule has 0 aromatic rings. The molecule has 3 nitrogen and oxygen atoms in total. The van der Waals surface area contributed by atoms with Crippen LogP contribution in [0.5, 0.6) is 0 Å². The van der Waals surface area contributed by atoms with Crippen LogP contribution in [0.15, 0.2) is 4.99 Å². The number of hydrogen-bond acceptors (Lipinski definition) is 3. The smallest absolute Gasteiger partial charge is 0.103 e. The number of nitrogens with zero attached hydrogens (tertiary/aromatic N) is 2. The Hall–Kier alpha value is -0.0900. The zero-order valence-electron chi connectivity index (χ0n) is 4.63. The molecule has 4 heteroatoms. The molecule has 0 aliphatic carbocycles. The lowest BCUT2D eigenvalue weighted by atomic mass is 10.6. The van der Waals surface area contributed by atoms with E-state index in [1.807, 2.05) is 12.1 Å². The van der Waals surface area contributed by atoms with E-state index in [0.29, 0.717) is 4.95 Å². The summed E-state index contributed by atoms with van der Waals surface area (Å²) in [5, 5.41) is 1.95. The number of alkyl halides is 1. The van der Waals surface area contributed by atoms with Crippen LogP contribution in [0.2, 0.25) is 0 Å². The van der Waals surface area contributed by atoms with E-state index in [9.17, 15) is 0 Å². The molecule has 8 heavy (non-hydrogen) atoms. The Morgan fingerprint density at radius 2 is 2.75 bits per heavy atom. The molecule has 0 amide bonds. The van der Waals surface area contributed by atoms with Crippen LogP contribution in [0.3, 0.4) is 0 Å². The lowest BCUT2D eigenvalue weighted by Gasteiger charge is -2.24. The van der Waals surface area contributed by atoms with Gasteiger partial charge >= 0.3 is 0 Å². The van der Waals surface area contributed by atoms with Crippen LogP contribution in [0.1, 0.15) is 0 Å². The molecule has 0 fully saturated rings. The highest BCUT2D eigenvalue weighted by Crippen LogP contribution is 2.03. The third-order valence-electron chi connectivity index (χ3n) is 1.03. The molecule has 46 valence electrons. The van der Waals surface area contributed by atoms with E-state index in [4.69, 9.17) is 0 Å². The predicted molar refractivity (Wildman–Crippen MR) is 37.0 cm³/mol. The molecule has 0 saturated carbocycles. The SMILES string of the molecule is CN1NC=NCC1Br. The maximum atomic E-state index is 3.98. The maximum Gasteiger partial charge on any atom is 0.103 e. The van der Waals surface area contributed by atoms with Gasteiger partial charge in [0, 0.05) is 7.05 Å². The van der Waals surface area contributed by atoms with Gasteiger partial charge in [0.15, 0.2) is 0 Å². The van der Waals surface area contributed by atoms with Gasteiger partial charge in [0.05, 0.1) is 12.9 Å². The molecule has 1 N–H and O–H groups in total. The van der Waals surface area contributed by atoms with E-state index in [1.165, 1.54) is 0 Å². The summed E-state index contributed by atoms with van der Waals surface area (Å²) in [5.74, 6) is 0. The third-order valence-corrected chi connectivity index (χ3v) is 1.93. The average Bonchev–Trinajstić information content (AvgIpc) is 1.77. The summed E-state index contributed by atoms with van der Waals surface area (Å²) in [5.41, 5.74) is 2.93. The number of halogens is 1. The molecule has 0 saturated heterocycles. The van der Waals surface area contributed by atoms with E-state index >= 15 is 0 Å². The normalized spacial score (nSPS) is 30.0. The summed E-state index contributed by atoms with van der Waals surface area (Å²) in [6.45, 7) is 0.823. The molecule has 0 bridgehead atoms. The molecular formula is C4H8BrN3. The molecule has 1 unspecified atom stereocenters. The first kappa shape index (κ1) is 6.04. The Morgan fingerprint density at radius 3 is 3.12 bits per heavy atom. The standard InChI is InChI=1S/C4H8BrN3/c1-8-4(5)2-6-3-7-8/h3-4H,2H2,1H3,(H,6,7). The Bertz CT molecular complexity index is 91.5. The van der Waals surface area contributed by atoms with Crippen LogP contribution in [0.25, 0.3) is 0 Å². The molecule has 0 aromatic heterocycles. The van der Waals surface area contributed by atoms with Gasteiger partial charge in [0.2, 0.25) is 0 Å². The molecule has 0 spiro atoms. The minimum Gasteiger partial charge on any atom is -0.309 e. The fraction of sp³-hybridized carbons (Fsp3) is 0.750. The first-order valence-electron chi connectivity index (χ1n) is 2.42. The van der Waals surface area contributed by atoms with Crippen molar-refractivity contribution in [2.75, 3.05) is 13.6 Å². The highest BCUT2D eigenvalue weighted by molar-refractivity contribution is 9.09. The number of hydrogen-bond donors (Lipinski definition) is 1. The van der Waals surface area contributed by atoms with Gasteiger partial charge in [-0.25, -0.2) is 5.01 Å². The average molecular weight is 178 g/mol. The largest absolute Gasteiger partial charge is 0.309 e. The molecule has 1 rings (SSSR count). The first-order valence-corrected chi connectivity index (χ1v) is 3.33. The van der Waals surface area contributed by atoms with Gasteiger partial charge in [0.25, 0.3) is 0 Å². The van der Waals surface area contributed by atoms with Crippen LogP contribution in [-0.4, -0.2) is 29.9 Å². The van der Waals surface area contributed by atoms with Crippen molar-refractivity contribution in [2.24, 2.45) is 4.99 Å². The van der Waals surface area contributed by atoms with Crippen LogP contribution in [0.4, 0.5) is 0 Å². The van der Waals surface area contributed by atoms with Crippen molar-refractivity contribution in [2.45, 2.75) is 4.95 Å². The van der Waals surface area contributed by atoms with E-state index < -0.39 is 0 Å². The van der Waals surface area contributed by atoms with E-state index in [1.54, 1.807) is 6.34 Å². The number of rotatable bonds is 0. The Morgan fingerprint density at radius 1 is 2.00 bits per heavy atom. The van der Waals surface area contributed by atoms with Gasteiger partial charge in [-0.15, -0.1) is 0 Å². The number of likely N-dealkylation sites (N-methyl/N-ethyl adjacent to an activating group) is 1. The second-order valence-corrected chi connectivity index (χ2v) is 2.73. The van der Waals surface area contributed by atoms with Gasteiger partial charge < -0.3 is 5.43 Å². The lowest BCUT2D eigenvalue weighted by molar-refractivity contribution is 0.273. The Labute approximate surface area is 56.9 Å². The second-order valence-electron chi connectivity index (χ2n) is 1.67. The topological polar surface area (TPSA) is 27.6 Å². The fourth-order valence-electron chi connectivity index (χ4n) is 0.475. The van der Waals surface area contributed by atoms with Gasteiger partial charge in [-0.3, -0.25) is 4.99 Å². The summed E-state index contributed by atoms with van der Waals surface area (Å²) in [6, 6.07) is 0. The minimum atomic E-state index is 0.340. The van der Waals surface area contributed by atoms with Crippen molar-refractivity contribution in [1.29, 1.82) is 0 Å². The van der Waals surface area contributed by atoms with Gasteiger partial charge in [-0.1, -0.05) is 15.9 Å². The summed E-state index contributed by atoms with van der Waals surface area (Å²) >= 11 is 3.40. The molecule has 1 aliphatic rings. The first-order chi connectivity index (χ1) is 3.80. The summed E-state index contributed by atoms with van der Waals surface area (Å²) < 4.78 is 0. The van der Waals surface area contributed by atoms with Crippen molar-refractivity contribution in [1.82, 2.24) is 10.4 Å². The Kier molecular flexibility index (Phi) is 1.85. The number of aliphatic imine (C=N–C) groups is 1. The zero-order chi connectivity index (χ0) is 5.98. The van der Waals surface area contributed by atoms with Crippen molar-refractivity contribution in [3.63, 3.8) is 0 Å². The minimum absolute atomic E-state index is 0.340. The second kappa shape index (κ2) is 2.46. The van der Waals surface area contributed by atoms with Crippen molar-refractivity contribution in [3.8, 4) is 0 Å². The monoisotopic (exact) mass is 177 g/mol. The van der Waals surface area contributed by atoms with Crippen molar-refractivity contribution < 1.29 is 0 Å². The van der Waals surface area contributed by atoms with Crippen LogP contribution >= 0.6 is 15.9 Å². The van der Waals surface area contributed by atoms with Gasteiger partial charge in [-0.2, -0.15) is 0 Å². The molecule has 1 heterocycles. The molecule has 1 atom stereocenters. The fourth-order valence-corrected chi connectivity index (χ4v) is 0.760. The summed E-state index contributed by atoms with van der Waals surface area (Å²) in [4.78, 5) is 4.32. The predicted octanol–water partition coefficient (Wildman–Crippen LogP) is 0.186. The highest BCUT2D eigenvalue weighted by atomic mass is 79.9. The number of hydrazine groups is 1. The van der Waals surface area contributed by atoms with Crippen LogP contribution < -0.4 is 5.43 Å². The summed E-state index contributed by atoms with van der Waals surface area (Å²) in [7, 11) is 1.96. The van der Waals surface area contributed by atoms with E-state index in [-0.39, 0.29) is 0 Å². The van der Waals surface area contributed by atoms with Crippen molar-refractivity contribution >= 4 is 22.3 Å². The Balaban J connectivity index is 2.44. The van der Waals surface area contributed by atoms with Crippen LogP contribution in [0, 0.1) is 0 Å². The molecule has 0 radical (unpaired) electrons.